The molecule has 1 aromatic heterocycles. The SMILES string of the molecule is CC[C@H](C)[C@@H]1NC(=O)CNC(=O)[C@H]2CC(=O)[C@H]([C@@H](C)[C@@H](O)CO)NC(=O)[C@@H]3CC(O)CN3C(=O)[C@H](CC(N)=O)CC(=O)C(CS(=O)c3[nH]c4cc(OCCCCCCNC(=O)CCC(=O)C(C)(C)C)ccc4c3C2)NC(=O)CNC1=O. The first-order valence-corrected chi connectivity index (χ1v) is 29.1. The number of ether oxygens (including phenoxy) is 1. The average Bonchev–Trinajstić information content (AvgIpc) is 4.19. The predicted molar refractivity (Wildman–Crippen MR) is 294 cm³/mol. The zero-order chi connectivity index (χ0) is 59.9. The fraction of sp³-hybridized carbons (Fsp3) is 0.655. The molecular formula is C55H81N9O16S. The number of Topliss-reactive ketones (excluding diaryl/α,β-unsaturated/α-hetero) is 3. The van der Waals surface area contributed by atoms with Gasteiger partial charge in [0, 0.05) is 80.3 Å². The Labute approximate surface area is 473 Å². The fourth-order valence-electron chi connectivity index (χ4n) is 10.0. The number of hydrogen-bond acceptors (Lipinski definition) is 16. The molecule has 81 heavy (non-hydrogen) atoms. The largest absolute Gasteiger partial charge is 0.494 e. The topological polar surface area (TPSA) is 392 Å². The molecule has 8 amide bonds. The van der Waals surface area contributed by atoms with Crippen molar-refractivity contribution in [1.29, 1.82) is 0 Å². The molecule has 5 rings (SSSR count). The minimum absolute atomic E-state index is 0.0125. The first-order chi connectivity index (χ1) is 38.2. The molecule has 0 radical (unpaired) electrons. The number of amides is 8. The van der Waals surface area contributed by atoms with Crippen LogP contribution in [0.2, 0.25) is 0 Å². The van der Waals surface area contributed by atoms with Gasteiger partial charge in [-0.15, -0.1) is 0 Å². The molecule has 3 aliphatic rings. The molecule has 2 aromatic rings. The summed E-state index contributed by atoms with van der Waals surface area (Å²) in [5.74, 6) is -13.5. The number of nitrogens with one attached hydrogen (secondary N) is 7. The summed E-state index contributed by atoms with van der Waals surface area (Å²) in [6.07, 6.45) is -2.46. The van der Waals surface area contributed by atoms with Crippen molar-refractivity contribution in [1.82, 2.24) is 41.8 Å². The van der Waals surface area contributed by atoms with Gasteiger partial charge >= 0.3 is 0 Å². The van der Waals surface area contributed by atoms with Gasteiger partial charge in [0.05, 0.1) is 78.6 Å². The van der Waals surface area contributed by atoms with Crippen LogP contribution in [0.1, 0.15) is 118 Å². The summed E-state index contributed by atoms with van der Waals surface area (Å²) in [4.78, 5) is 155. The summed E-state index contributed by atoms with van der Waals surface area (Å²) in [7, 11) is -2.34. The highest BCUT2D eigenvalue weighted by molar-refractivity contribution is 7.85. The maximum absolute atomic E-state index is 15.1. The van der Waals surface area contributed by atoms with Crippen LogP contribution in [0.3, 0.4) is 0 Å². The Bertz CT molecular complexity index is 2690. The van der Waals surface area contributed by atoms with Crippen LogP contribution in [0.4, 0.5) is 0 Å². The summed E-state index contributed by atoms with van der Waals surface area (Å²) in [5, 5.41) is 47.7. The molecule has 1 saturated heterocycles. The van der Waals surface area contributed by atoms with Crippen LogP contribution in [0, 0.1) is 29.1 Å². The summed E-state index contributed by atoms with van der Waals surface area (Å²) >= 11 is 0. The van der Waals surface area contributed by atoms with Gasteiger partial charge in [-0.1, -0.05) is 60.8 Å². The van der Waals surface area contributed by atoms with E-state index in [0.717, 1.165) is 17.7 Å². The number of aliphatic hydroxyl groups is 3. The molecule has 3 unspecified atom stereocenters. The number of unbranched alkanes of at least 4 members (excludes halogenated alkanes) is 3. The van der Waals surface area contributed by atoms with Crippen molar-refractivity contribution in [3.8, 4) is 5.75 Å². The molecule has 4 heterocycles. The van der Waals surface area contributed by atoms with Crippen LogP contribution in [0.5, 0.6) is 5.75 Å². The lowest BCUT2D eigenvalue weighted by atomic mass is 9.85. The molecule has 2 bridgehead atoms. The molecule has 1 aromatic carbocycles. The van der Waals surface area contributed by atoms with Crippen molar-refractivity contribution in [2.75, 3.05) is 45.1 Å². The van der Waals surface area contributed by atoms with Crippen molar-refractivity contribution in [2.24, 2.45) is 34.8 Å². The van der Waals surface area contributed by atoms with E-state index in [-0.39, 0.29) is 48.1 Å². The van der Waals surface area contributed by atoms with Crippen molar-refractivity contribution in [2.45, 2.75) is 160 Å². The summed E-state index contributed by atoms with van der Waals surface area (Å²) in [6.45, 7) is 8.16. The van der Waals surface area contributed by atoms with E-state index < -0.39 is 187 Å². The van der Waals surface area contributed by atoms with Gasteiger partial charge in [-0.05, 0) is 42.9 Å². The Morgan fingerprint density at radius 2 is 1.54 bits per heavy atom. The number of aliphatic hydroxyl groups excluding tert-OH is 3. The molecule has 12 N–H and O–H groups in total. The molecule has 0 aliphatic carbocycles. The number of benzene rings is 1. The van der Waals surface area contributed by atoms with Gasteiger partial charge in [0.2, 0.25) is 47.3 Å². The molecule has 1 fully saturated rings. The number of ketones is 3. The van der Waals surface area contributed by atoms with Crippen LogP contribution >= 0.6 is 0 Å². The summed E-state index contributed by atoms with van der Waals surface area (Å²) < 4.78 is 21.2. The minimum atomic E-state index is -2.34. The van der Waals surface area contributed by atoms with E-state index >= 15 is 4.21 Å². The third-order valence-corrected chi connectivity index (χ3v) is 16.6. The predicted octanol–water partition coefficient (Wildman–Crippen LogP) is -0.994. The number of aromatic amines is 1. The van der Waals surface area contributed by atoms with E-state index in [1.165, 1.54) is 6.92 Å². The highest BCUT2D eigenvalue weighted by atomic mass is 32.2. The molecule has 25 nitrogen and oxygen atoms in total. The summed E-state index contributed by atoms with van der Waals surface area (Å²) in [5.41, 5.74) is 5.62. The monoisotopic (exact) mass is 1160 g/mol. The van der Waals surface area contributed by atoms with Crippen LogP contribution in [0.25, 0.3) is 10.9 Å². The van der Waals surface area contributed by atoms with Crippen LogP contribution in [-0.2, 0) is 70.0 Å². The van der Waals surface area contributed by atoms with Gasteiger partial charge in [0.1, 0.15) is 28.6 Å². The molecule has 11 atom stereocenters. The number of carbonyl (C=O) groups excluding carboxylic acids is 11. The minimum Gasteiger partial charge on any atom is -0.494 e. The zero-order valence-electron chi connectivity index (χ0n) is 47.0. The van der Waals surface area contributed by atoms with E-state index in [0.29, 0.717) is 42.5 Å². The lowest BCUT2D eigenvalue weighted by molar-refractivity contribution is -0.145. The van der Waals surface area contributed by atoms with E-state index in [9.17, 15) is 68.1 Å². The van der Waals surface area contributed by atoms with Crippen molar-refractivity contribution >= 4 is 86.3 Å². The zero-order valence-corrected chi connectivity index (χ0v) is 47.8. The van der Waals surface area contributed by atoms with Crippen molar-refractivity contribution < 1.29 is 77.0 Å². The molecule has 0 spiro atoms. The van der Waals surface area contributed by atoms with Crippen molar-refractivity contribution in [3.63, 3.8) is 0 Å². The van der Waals surface area contributed by atoms with Crippen LogP contribution in [-0.4, -0.2) is 176 Å². The molecule has 448 valence electrons. The maximum atomic E-state index is 15.1. The van der Waals surface area contributed by atoms with E-state index in [1.807, 2.05) is 20.8 Å². The van der Waals surface area contributed by atoms with E-state index in [4.69, 9.17) is 10.5 Å². The molecule has 0 saturated carbocycles. The Morgan fingerprint density at radius 1 is 0.864 bits per heavy atom. The number of carbonyl (C=O) groups is 11. The van der Waals surface area contributed by atoms with Crippen LogP contribution in [0.15, 0.2) is 23.2 Å². The fourth-order valence-corrected chi connectivity index (χ4v) is 11.5. The second-order valence-electron chi connectivity index (χ2n) is 22.5. The van der Waals surface area contributed by atoms with Gasteiger partial charge in [-0.2, -0.15) is 0 Å². The van der Waals surface area contributed by atoms with Gasteiger partial charge in [0.25, 0.3) is 0 Å². The van der Waals surface area contributed by atoms with Gasteiger partial charge in [-0.3, -0.25) is 56.9 Å². The Hall–Kier alpha value is -6.64. The number of nitrogens with zero attached hydrogens (tertiary/aromatic N) is 1. The highest BCUT2D eigenvalue weighted by Crippen LogP contribution is 2.33. The number of H-pyrrole nitrogens is 1. The van der Waals surface area contributed by atoms with Gasteiger partial charge < -0.3 is 67.6 Å². The Morgan fingerprint density at radius 3 is 2.21 bits per heavy atom. The molecule has 3 aliphatic heterocycles. The normalized spacial score (nSPS) is 25.3. The Kier molecular flexibility index (Phi) is 24.1. The number of hydrogen-bond donors (Lipinski definition) is 11. The molecule has 26 heteroatoms. The maximum Gasteiger partial charge on any atom is 0.243 e. The number of fused-ring (bicyclic) bond motifs is 5. The van der Waals surface area contributed by atoms with Gasteiger partial charge in [-0.25, -0.2) is 0 Å². The Balaban J connectivity index is 1.57. The van der Waals surface area contributed by atoms with Gasteiger partial charge in [0.15, 0.2) is 11.6 Å². The van der Waals surface area contributed by atoms with E-state index in [2.05, 4.69) is 36.9 Å². The lowest BCUT2D eigenvalue weighted by Gasteiger charge is -2.32. The number of aromatic nitrogens is 1. The smallest absolute Gasteiger partial charge is 0.243 e. The number of nitrogens with two attached hydrogens (primary N) is 1. The standard InChI is InChI=1S/C55H81N9O16S/c1-7-29(2)48-52(77)59-24-46(73)60-38-28-81(79)53-36(35-13-12-34(23-37(35)61-53)80-17-11-9-8-10-16-57-45(72)15-14-43(70)55(4,5)6)18-31(50(75)58-25-47(74)62-48)19-41(68)49(30(3)42(69)27-65)63-51(76)39-22-33(66)26-64(39)54(78)32(20-40(38)67)21-44(56)71/h12-13,23,29-33,38-39,42,48-49,61,65-66,69H,7-11,14-22,24-28H2,1-6H3,(H2,56,71)(H,57,72)(H,58,75)(H,59,77)(H,60,73)(H,62,74)(H,63,76)/t29-,30-,31+,32-,33?,38?,39-,42-,48-,49-,81?/m0/s1. The first-order valence-electron chi connectivity index (χ1n) is 27.7. The summed E-state index contributed by atoms with van der Waals surface area (Å²) in [6, 6.07) is -1.25. The quantitative estimate of drug-likeness (QED) is 0.0798. The van der Waals surface area contributed by atoms with Crippen molar-refractivity contribution in [3.05, 3.63) is 23.8 Å². The highest BCUT2D eigenvalue weighted by Gasteiger charge is 2.45. The van der Waals surface area contributed by atoms with E-state index in [1.54, 1.807) is 32.0 Å². The second-order valence-corrected chi connectivity index (χ2v) is 24.0. The van der Waals surface area contributed by atoms with Crippen LogP contribution < -0.4 is 42.4 Å². The third kappa shape index (κ3) is 18.4. The molecular weight excluding hydrogens is 1070 g/mol. The lowest BCUT2D eigenvalue weighted by Crippen LogP contribution is -2.56. The third-order valence-electron chi connectivity index (χ3n) is 15.2. The first kappa shape index (κ1) is 65.2. The number of rotatable bonds is 18. The number of primary amides is 1. The average molecular weight is 1160 g/mol. The second kappa shape index (κ2) is 29.9.